The second-order valence-corrected chi connectivity index (χ2v) is 5.72. The number of H-pyrrole nitrogens is 1. The van der Waals surface area contributed by atoms with Crippen molar-refractivity contribution < 1.29 is 4.74 Å². The van der Waals surface area contributed by atoms with Crippen LogP contribution in [0.1, 0.15) is 24.8 Å². The average Bonchev–Trinajstić information content (AvgIpc) is 3.02. The number of benzene rings is 1. The van der Waals surface area contributed by atoms with Gasteiger partial charge in [-0.1, -0.05) is 18.2 Å². The molecule has 1 atom stereocenters. The summed E-state index contributed by atoms with van der Waals surface area (Å²) in [5, 5.41) is 6.81. The summed E-state index contributed by atoms with van der Waals surface area (Å²) in [5.41, 5.74) is 2.36. The minimum atomic E-state index is 0.390. The van der Waals surface area contributed by atoms with E-state index in [1.54, 1.807) is 0 Å². The zero-order chi connectivity index (χ0) is 14.5. The number of ether oxygens (including phenoxy) is 1. The van der Waals surface area contributed by atoms with Crippen molar-refractivity contribution in [3.63, 3.8) is 0 Å². The van der Waals surface area contributed by atoms with Crippen LogP contribution < -0.4 is 0 Å². The Bertz CT molecular complexity index is 549. The van der Waals surface area contributed by atoms with Gasteiger partial charge < -0.3 is 4.74 Å². The van der Waals surface area contributed by atoms with Crippen LogP contribution in [0.15, 0.2) is 30.6 Å². The summed E-state index contributed by atoms with van der Waals surface area (Å²) < 4.78 is 5.80. The number of likely N-dealkylation sites (N-methyl/N-ethyl adjacent to an activating group) is 1. The van der Waals surface area contributed by atoms with E-state index >= 15 is 0 Å². The Morgan fingerprint density at radius 2 is 2.33 bits per heavy atom. The molecule has 1 aliphatic heterocycles. The summed E-state index contributed by atoms with van der Waals surface area (Å²) in [6, 6.07) is 8.43. The third kappa shape index (κ3) is 3.89. The van der Waals surface area contributed by atoms with E-state index in [9.17, 15) is 0 Å². The predicted octanol–water partition coefficient (Wildman–Crippen LogP) is 2.47. The Morgan fingerprint density at radius 3 is 3.10 bits per heavy atom. The van der Waals surface area contributed by atoms with E-state index in [2.05, 4.69) is 45.3 Å². The van der Waals surface area contributed by atoms with Gasteiger partial charge in [0.05, 0.1) is 6.10 Å². The standard InChI is InChI=1S/C16H22N4O/c1-20(11-15-7-2-3-8-21-15)10-13-5-4-6-14(9-13)16-17-12-18-19-16/h4-6,9,12,15H,2-3,7-8,10-11H2,1H3,(H,17,18,19)/t15-/m1/s1. The van der Waals surface area contributed by atoms with Crippen LogP contribution in [0.5, 0.6) is 0 Å². The third-order valence-corrected chi connectivity index (χ3v) is 3.86. The number of nitrogens with zero attached hydrogens (tertiary/aromatic N) is 3. The van der Waals surface area contributed by atoms with E-state index in [1.807, 2.05) is 6.07 Å². The Morgan fingerprint density at radius 1 is 1.38 bits per heavy atom. The van der Waals surface area contributed by atoms with E-state index < -0.39 is 0 Å². The smallest absolute Gasteiger partial charge is 0.155 e. The summed E-state index contributed by atoms with van der Waals surface area (Å²) in [4.78, 5) is 6.53. The molecular weight excluding hydrogens is 264 g/mol. The van der Waals surface area contributed by atoms with Crippen LogP contribution in [0.2, 0.25) is 0 Å². The molecule has 1 fully saturated rings. The second kappa shape index (κ2) is 6.83. The summed E-state index contributed by atoms with van der Waals surface area (Å²) in [5.74, 6) is 0.815. The first-order chi connectivity index (χ1) is 10.3. The highest BCUT2D eigenvalue weighted by molar-refractivity contribution is 5.55. The van der Waals surface area contributed by atoms with Gasteiger partial charge in [-0.05, 0) is 37.9 Å². The average molecular weight is 286 g/mol. The molecule has 0 spiro atoms. The fourth-order valence-corrected chi connectivity index (χ4v) is 2.84. The SMILES string of the molecule is CN(Cc1cccc(-c2ncn[nH]2)c1)C[C@H]1CCCCO1. The highest BCUT2D eigenvalue weighted by atomic mass is 16.5. The van der Waals surface area contributed by atoms with E-state index in [4.69, 9.17) is 4.74 Å². The number of hydrogen-bond acceptors (Lipinski definition) is 4. The number of nitrogens with one attached hydrogen (secondary N) is 1. The molecule has 112 valence electrons. The number of aromatic nitrogens is 3. The Balaban J connectivity index is 1.60. The molecule has 3 rings (SSSR count). The molecule has 0 bridgehead atoms. The fourth-order valence-electron chi connectivity index (χ4n) is 2.84. The molecule has 1 saturated heterocycles. The summed E-state index contributed by atoms with van der Waals surface area (Å²) in [7, 11) is 2.15. The first-order valence-corrected chi connectivity index (χ1v) is 7.56. The normalized spacial score (nSPS) is 19.0. The monoisotopic (exact) mass is 286 g/mol. The first-order valence-electron chi connectivity index (χ1n) is 7.56. The van der Waals surface area contributed by atoms with Crippen LogP contribution in [-0.2, 0) is 11.3 Å². The van der Waals surface area contributed by atoms with Crippen molar-refractivity contribution in [3.8, 4) is 11.4 Å². The molecule has 5 nitrogen and oxygen atoms in total. The van der Waals surface area contributed by atoms with Gasteiger partial charge in [0.1, 0.15) is 6.33 Å². The maximum atomic E-state index is 5.80. The third-order valence-electron chi connectivity index (χ3n) is 3.86. The molecule has 1 N–H and O–H groups in total. The van der Waals surface area contributed by atoms with E-state index in [0.29, 0.717) is 6.10 Å². The molecule has 0 amide bonds. The van der Waals surface area contributed by atoms with Crippen molar-refractivity contribution >= 4 is 0 Å². The summed E-state index contributed by atoms with van der Waals surface area (Å²) in [6.07, 6.45) is 5.61. The van der Waals surface area contributed by atoms with Crippen molar-refractivity contribution in [2.75, 3.05) is 20.2 Å². The maximum Gasteiger partial charge on any atom is 0.155 e. The Hall–Kier alpha value is -1.72. The van der Waals surface area contributed by atoms with E-state index in [1.165, 1.54) is 31.2 Å². The van der Waals surface area contributed by atoms with Gasteiger partial charge >= 0.3 is 0 Å². The number of aromatic amines is 1. The molecule has 5 heteroatoms. The van der Waals surface area contributed by atoms with Crippen LogP contribution in [0.25, 0.3) is 11.4 Å². The highest BCUT2D eigenvalue weighted by Crippen LogP contribution is 2.18. The van der Waals surface area contributed by atoms with Crippen LogP contribution >= 0.6 is 0 Å². The van der Waals surface area contributed by atoms with Crippen LogP contribution in [0.3, 0.4) is 0 Å². The molecule has 0 radical (unpaired) electrons. The molecule has 0 saturated carbocycles. The molecule has 0 aliphatic carbocycles. The lowest BCUT2D eigenvalue weighted by atomic mass is 10.1. The lowest BCUT2D eigenvalue weighted by Gasteiger charge is -2.27. The molecule has 2 aromatic rings. The van der Waals surface area contributed by atoms with Crippen molar-refractivity contribution in [2.45, 2.75) is 31.9 Å². The predicted molar refractivity (Wildman–Crippen MR) is 81.7 cm³/mol. The van der Waals surface area contributed by atoms with Crippen LogP contribution in [0, 0.1) is 0 Å². The zero-order valence-electron chi connectivity index (χ0n) is 12.5. The summed E-state index contributed by atoms with van der Waals surface area (Å²) >= 11 is 0. The van der Waals surface area contributed by atoms with Gasteiger partial charge in [0.15, 0.2) is 5.82 Å². The summed E-state index contributed by atoms with van der Waals surface area (Å²) in [6.45, 7) is 2.83. The molecule has 0 unspecified atom stereocenters. The number of hydrogen-bond donors (Lipinski definition) is 1. The molecular formula is C16H22N4O. The molecule has 2 heterocycles. The largest absolute Gasteiger partial charge is 0.377 e. The molecule has 1 aromatic heterocycles. The van der Waals surface area contributed by atoms with Gasteiger partial charge in [-0.2, -0.15) is 5.10 Å². The quantitative estimate of drug-likeness (QED) is 0.917. The van der Waals surface area contributed by atoms with Crippen LogP contribution in [-0.4, -0.2) is 46.4 Å². The fraction of sp³-hybridized carbons (Fsp3) is 0.500. The Kier molecular flexibility index (Phi) is 4.62. The maximum absolute atomic E-state index is 5.80. The molecule has 1 aromatic carbocycles. The van der Waals surface area contributed by atoms with E-state index in [-0.39, 0.29) is 0 Å². The zero-order valence-corrected chi connectivity index (χ0v) is 12.5. The number of rotatable bonds is 5. The van der Waals surface area contributed by atoms with Crippen molar-refractivity contribution in [2.24, 2.45) is 0 Å². The van der Waals surface area contributed by atoms with E-state index in [0.717, 1.165) is 31.1 Å². The minimum Gasteiger partial charge on any atom is -0.377 e. The van der Waals surface area contributed by atoms with Gasteiger partial charge in [-0.15, -0.1) is 0 Å². The highest BCUT2D eigenvalue weighted by Gasteiger charge is 2.16. The van der Waals surface area contributed by atoms with Crippen molar-refractivity contribution in [1.29, 1.82) is 0 Å². The lowest BCUT2D eigenvalue weighted by Crippen LogP contribution is -2.33. The molecule has 21 heavy (non-hydrogen) atoms. The second-order valence-electron chi connectivity index (χ2n) is 5.72. The van der Waals surface area contributed by atoms with Gasteiger partial charge in [0.25, 0.3) is 0 Å². The van der Waals surface area contributed by atoms with Gasteiger partial charge in [-0.25, -0.2) is 4.98 Å². The minimum absolute atomic E-state index is 0.390. The van der Waals surface area contributed by atoms with Gasteiger partial charge in [0, 0.05) is 25.3 Å². The first kappa shape index (κ1) is 14.2. The van der Waals surface area contributed by atoms with Gasteiger partial charge in [0.2, 0.25) is 0 Å². The Labute approximate surface area is 125 Å². The van der Waals surface area contributed by atoms with Crippen molar-refractivity contribution in [1.82, 2.24) is 20.1 Å². The topological polar surface area (TPSA) is 54.0 Å². The van der Waals surface area contributed by atoms with Gasteiger partial charge in [-0.3, -0.25) is 10.00 Å². The molecule has 1 aliphatic rings. The lowest BCUT2D eigenvalue weighted by molar-refractivity contribution is -0.00258. The van der Waals surface area contributed by atoms with Crippen molar-refractivity contribution in [3.05, 3.63) is 36.2 Å². The van der Waals surface area contributed by atoms with Crippen LogP contribution in [0.4, 0.5) is 0 Å².